The highest BCUT2D eigenvalue weighted by Crippen LogP contribution is 2.44. The van der Waals surface area contributed by atoms with Crippen molar-refractivity contribution in [2.45, 2.75) is 56.7 Å². The molecule has 1 fully saturated rings. The molecule has 0 bridgehead atoms. The minimum absolute atomic E-state index is 0.754. The SMILES string of the molecule is CC(=O)C(O)[C@H]1OC[C@](O)(C(C)=O)[C@](O)(C(C)=O)[C@@]1(O)C(C)=O. The van der Waals surface area contributed by atoms with Gasteiger partial charge in [0.2, 0.25) is 0 Å². The molecular weight excluding hydrogens is 312 g/mol. The summed E-state index contributed by atoms with van der Waals surface area (Å²) in [5, 5.41) is 41.8. The van der Waals surface area contributed by atoms with Crippen molar-refractivity contribution in [3.8, 4) is 0 Å². The fourth-order valence-electron chi connectivity index (χ4n) is 2.86. The Morgan fingerprint density at radius 3 is 1.74 bits per heavy atom. The predicted molar refractivity (Wildman–Crippen MR) is 73.3 cm³/mol. The third-order valence-corrected chi connectivity index (χ3v) is 4.37. The summed E-state index contributed by atoms with van der Waals surface area (Å²) >= 11 is 0. The van der Waals surface area contributed by atoms with Crippen LogP contribution in [0.4, 0.5) is 0 Å². The molecule has 9 nitrogen and oxygen atoms in total. The Morgan fingerprint density at radius 1 is 0.957 bits per heavy atom. The van der Waals surface area contributed by atoms with Crippen LogP contribution in [0.3, 0.4) is 0 Å². The lowest BCUT2D eigenvalue weighted by molar-refractivity contribution is -0.304. The normalized spacial score (nSPS) is 38.7. The maximum absolute atomic E-state index is 12.0. The van der Waals surface area contributed by atoms with Crippen LogP contribution in [0.2, 0.25) is 0 Å². The standard InChI is InChI=1S/C14H20O9/c1-6(15)10(19)11-13(21,8(3)17)14(22,9(4)18)12(20,5-23-11)7(2)16/h10-11,19-22H,5H2,1-4H3/t10?,11-,12+,13-,14-/m1/s1. The van der Waals surface area contributed by atoms with Crippen LogP contribution in [0.25, 0.3) is 0 Å². The van der Waals surface area contributed by atoms with E-state index in [2.05, 4.69) is 0 Å². The van der Waals surface area contributed by atoms with Gasteiger partial charge in [-0.1, -0.05) is 0 Å². The monoisotopic (exact) mass is 332 g/mol. The highest BCUT2D eigenvalue weighted by Gasteiger charge is 2.76. The molecule has 4 N–H and O–H groups in total. The second-order valence-corrected chi connectivity index (χ2v) is 5.79. The van der Waals surface area contributed by atoms with Crippen LogP contribution < -0.4 is 0 Å². The molecule has 0 aromatic carbocycles. The van der Waals surface area contributed by atoms with Gasteiger partial charge in [-0.05, 0) is 27.7 Å². The minimum atomic E-state index is -3.29. The lowest BCUT2D eigenvalue weighted by atomic mass is 9.61. The first kappa shape index (κ1) is 19.5. The van der Waals surface area contributed by atoms with E-state index in [4.69, 9.17) is 4.74 Å². The van der Waals surface area contributed by atoms with E-state index in [-0.39, 0.29) is 0 Å². The largest absolute Gasteiger partial charge is 0.382 e. The molecule has 0 aliphatic carbocycles. The molecular formula is C14H20O9. The maximum Gasteiger partial charge on any atom is 0.199 e. The fourth-order valence-corrected chi connectivity index (χ4v) is 2.86. The Morgan fingerprint density at radius 2 is 1.43 bits per heavy atom. The third-order valence-electron chi connectivity index (χ3n) is 4.37. The highest BCUT2D eigenvalue weighted by molar-refractivity contribution is 6.05. The third kappa shape index (κ3) is 2.36. The molecule has 0 amide bonds. The number of rotatable bonds is 5. The van der Waals surface area contributed by atoms with Gasteiger partial charge in [0.25, 0.3) is 0 Å². The van der Waals surface area contributed by atoms with Crippen molar-refractivity contribution in [1.82, 2.24) is 0 Å². The van der Waals surface area contributed by atoms with Gasteiger partial charge in [0.1, 0.15) is 12.2 Å². The number of Topliss-reactive ketones (excluding diaryl/α,β-unsaturated/α-hetero) is 4. The van der Waals surface area contributed by atoms with E-state index in [0.29, 0.717) is 0 Å². The van der Waals surface area contributed by atoms with E-state index < -0.39 is 58.8 Å². The van der Waals surface area contributed by atoms with Crippen LogP contribution in [0, 0.1) is 0 Å². The molecule has 1 unspecified atom stereocenters. The lowest BCUT2D eigenvalue weighted by Crippen LogP contribution is -2.84. The number of hydrogen-bond donors (Lipinski definition) is 4. The van der Waals surface area contributed by atoms with E-state index in [1.54, 1.807) is 0 Å². The summed E-state index contributed by atoms with van der Waals surface area (Å²) in [7, 11) is 0. The van der Waals surface area contributed by atoms with Crippen molar-refractivity contribution >= 4 is 23.1 Å². The van der Waals surface area contributed by atoms with Crippen molar-refractivity contribution in [3.05, 3.63) is 0 Å². The summed E-state index contributed by atoms with van der Waals surface area (Å²) in [5.74, 6) is -4.60. The van der Waals surface area contributed by atoms with E-state index in [1.165, 1.54) is 0 Å². The van der Waals surface area contributed by atoms with Gasteiger partial charge < -0.3 is 25.2 Å². The number of aliphatic hydroxyl groups is 4. The Kier molecular flexibility index (Phi) is 4.96. The summed E-state index contributed by atoms with van der Waals surface area (Å²) in [4.78, 5) is 47.2. The quantitative estimate of drug-likeness (QED) is 0.420. The van der Waals surface area contributed by atoms with E-state index >= 15 is 0 Å². The van der Waals surface area contributed by atoms with Gasteiger partial charge in [0, 0.05) is 0 Å². The van der Waals surface area contributed by atoms with Crippen LogP contribution in [0.5, 0.6) is 0 Å². The van der Waals surface area contributed by atoms with Crippen molar-refractivity contribution in [3.63, 3.8) is 0 Å². The second-order valence-electron chi connectivity index (χ2n) is 5.79. The number of hydrogen-bond acceptors (Lipinski definition) is 9. The molecule has 0 aromatic rings. The number of carbonyl (C=O) groups is 4. The van der Waals surface area contributed by atoms with Crippen LogP contribution in [-0.4, -0.2) is 79.2 Å². The zero-order chi connectivity index (χ0) is 18.4. The number of aliphatic hydroxyl groups excluding tert-OH is 1. The van der Waals surface area contributed by atoms with E-state index in [1.807, 2.05) is 0 Å². The van der Waals surface area contributed by atoms with Gasteiger partial charge in [0.05, 0.1) is 6.61 Å². The molecule has 0 saturated carbocycles. The van der Waals surface area contributed by atoms with Crippen molar-refractivity contribution in [2.24, 2.45) is 0 Å². The lowest BCUT2D eigenvalue weighted by Gasteiger charge is -2.55. The van der Waals surface area contributed by atoms with E-state index in [9.17, 15) is 39.6 Å². The first-order valence-corrected chi connectivity index (χ1v) is 6.78. The molecule has 1 saturated heterocycles. The molecule has 0 spiro atoms. The van der Waals surface area contributed by atoms with Crippen LogP contribution in [0.1, 0.15) is 27.7 Å². The molecule has 130 valence electrons. The Bertz CT molecular complexity index is 571. The van der Waals surface area contributed by atoms with Gasteiger partial charge in [-0.3, -0.25) is 19.2 Å². The number of carbonyl (C=O) groups excluding carboxylic acids is 4. The summed E-state index contributed by atoms with van der Waals surface area (Å²) in [6, 6.07) is 0. The smallest absolute Gasteiger partial charge is 0.199 e. The molecule has 1 heterocycles. The topological polar surface area (TPSA) is 158 Å². The average Bonchev–Trinajstić information content (AvgIpc) is 2.43. The van der Waals surface area contributed by atoms with Gasteiger partial charge in [-0.2, -0.15) is 0 Å². The summed E-state index contributed by atoms with van der Waals surface area (Å²) in [6.07, 6.45) is -4.10. The molecule has 1 rings (SSSR count). The maximum atomic E-state index is 12.0. The zero-order valence-electron chi connectivity index (χ0n) is 13.2. The summed E-state index contributed by atoms with van der Waals surface area (Å²) in [6.45, 7) is 2.29. The molecule has 23 heavy (non-hydrogen) atoms. The number of ether oxygens (including phenoxy) is 1. The Hall–Kier alpha value is -1.52. The number of ketones is 4. The molecule has 1 aliphatic rings. The molecule has 0 aromatic heterocycles. The Balaban J connectivity index is 3.74. The van der Waals surface area contributed by atoms with Gasteiger partial charge in [-0.25, -0.2) is 0 Å². The minimum Gasteiger partial charge on any atom is -0.382 e. The fraction of sp³-hybridized carbons (Fsp3) is 0.714. The molecule has 1 aliphatic heterocycles. The molecule has 0 radical (unpaired) electrons. The van der Waals surface area contributed by atoms with Crippen molar-refractivity contribution in [1.29, 1.82) is 0 Å². The van der Waals surface area contributed by atoms with Gasteiger partial charge in [-0.15, -0.1) is 0 Å². The van der Waals surface area contributed by atoms with Crippen LogP contribution in [0.15, 0.2) is 0 Å². The van der Waals surface area contributed by atoms with Crippen LogP contribution >= 0.6 is 0 Å². The van der Waals surface area contributed by atoms with Gasteiger partial charge >= 0.3 is 0 Å². The molecule has 5 atom stereocenters. The first-order chi connectivity index (χ1) is 10.3. The summed E-state index contributed by atoms with van der Waals surface area (Å²) in [5.41, 5.74) is -9.42. The Labute approximate surface area is 131 Å². The summed E-state index contributed by atoms with van der Waals surface area (Å²) < 4.78 is 4.98. The first-order valence-electron chi connectivity index (χ1n) is 6.78. The van der Waals surface area contributed by atoms with Crippen molar-refractivity contribution < 1.29 is 44.3 Å². The highest BCUT2D eigenvalue weighted by atomic mass is 16.6. The average molecular weight is 332 g/mol. The predicted octanol–water partition coefficient (Wildman–Crippen LogP) is -2.70. The van der Waals surface area contributed by atoms with Crippen LogP contribution in [-0.2, 0) is 23.9 Å². The van der Waals surface area contributed by atoms with E-state index in [0.717, 1.165) is 27.7 Å². The molecule has 9 heteroatoms. The van der Waals surface area contributed by atoms with Gasteiger partial charge in [0.15, 0.2) is 39.9 Å². The second kappa shape index (κ2) is 5.84. The van der Waals surface area contributed by atoms with Crippen molar-refractivity contribution in [2.75, 3.05) is 6.61 Å². The zero-order valence-corrected chi connectivity index (χ0v) is 13.2.